The van der Waals surface area contributed by atoms with Gasteiger partial charge in [-0.2, -0.15) is 0 Å². The zero-order valence-electron chi connectivity index (χ0n) is 22.7. The predicted octanol–water partition coefficient (Wildman–Crippen LogP) is 5.81. The van der Waals surface area contributed by atoms with Crippen LogP contribution in [-0.4, -0.2) is 36.8 Å². The molecule has 1 N–H and O–H groups in total. The van der Waals surface area contributed by atoms with E-state index in [0.29, 0.717) is 0 Å². The van der Waals surface area contributed by atoms with Gasteiger partial charge in [-0.15, -0.1) is 0 Å². The Kier molecular flexibility index (Phi) is 8.74. The Morgan fingerprint density at radius 1 is 0.683 bits per heavy atom. The topological polar surface area (TPSA) is 90.9 Å². The van der Waals surface area contributed by atoms with E-state index in [1.54, 1.807) is 0 Å². The molecule has 4 aromatic carbocycles. The van der Waals surface area contributed by atoms with Gasteiger partial charge in [-0.1, -0.05) is 109 Å². The summed E-state index contributed by atoms with van der Waals surface area (Å²) < 4.78 is 16.6. The van der Waals surface area contributed by atoms with Gasteiger partial charge in [-0.25, -0.2) is 14.4 Å². The van der Waals surface area contributed by atoms with Crippen molar-refractivity contribution in [1.82, 2.24) is 5.32 Å². The Labute approximate surface area is 239 Å². The molecule has 0 saturated carbocycles. The van der Waals surface area contributed by atoms with Gasteiger partial charge in [-0.05, 0) is 40.3 Å². The van der Waals surface area contributed by atoms with E-state index in [1.807, 2.05) is 97.1 Å². The molecule has 1 amide bonds. The van der Waals surface area contributed by atoms with Gasteiger partial charge in [0.25, 0.3) is 0 Å². The van der Waals surface area contributed by atoms with Crippen molar-refractivity contribution in [2.45, 2.75) is 38.0 Å². The smallest absolute Gasteiger partial charge is 0.407 e. The number of amides is 1. The summed E-state index contributed by atoms with van der Waals surface area (Å²) >= 11 is 0. The number of ether oxygens (including phenoxy) is 3. The van der Waals surface area contributed by atoms with Crippen LogP contribution in [0.4, 0.5) is 4.79 Å². The third-order valence-electron chi connectivity index (χ3n) is 7.04. The van der Waals surface area contributed by atoms with Gasteiger partial charge in [0.15, 0.2) is 0 Å². The van der Waals surface area contributed by atoms with Crippen molar-refractivity contribution in [3.63, 3.8) is 0 Å². The largest absolute Gasteiger partial charge is 0.458 e. The van der Waals surface area contributed by atoms with Crippen molar-refractivity contribution in [3.05, 3.63) is 131 Å². The first-order valence-corrected chi connectivity index (χ1v) is 13.6. The summed E-state index contributed by atoms with van der Waals surface area (Å²) in [5.74, 6) is -1.54. The molecule has 0 saturated heterocycles. The number of benzene rings is 4. The van der Waals surface area contributed by atoms with Gasteiger partial charge in [0.1, 0.15) is 19.3 Å². The molecule has 208 valence electrons. The second-order valence-corrected chi connectivity index (χ2v) is 9.90. The lowest BCUT2D eigenvalue weighted by molar-refractivity contribution is -0.169. The number of nitrogens with one attached hydrogen (secondary N) is 1. The molecule has 7 nitrogen and oxygen atoms in total. The molecular weight excluding hydrogens is 518 g/mol. The Morgan fingerprint density at radius 2 is 1.22 bits per heavy atom. The molecule has 0 heterocycles. The minimum atomic E-state index is -1.18. The second kappa shape index (κ2) is 13.0. The van der Waals surface area contributed by atoms with Crippen LogP contribution in [0.25, 0.3) is 11.1 Å². The average Bonchev–Trinajstić information content (AvgIpc) is 3.33. The third kappa shape index (κ3) is 6.81. The van der Waals surface area contributed by atoms with E-state index < -0.39 is 30.2 Å². The first-order valence-electron chi connectivity index (χ1n) is 13.6. The quantitative estimate of drug-likeness (QED) is 0.198. The Hall–Kier alpha value is -4.91. The number of hydrogen-bond acceptors (Lipinski definition) is 6. The summed E-state index contributed by atoms with van der Waals surface area (Å²) in [5, 5.41) is 2.53. The Balaban J connectivity index is 1.18. The lowest BCUT2D eigenvalue weighted by Crippen LogP contribution is -2.43. The highest BCUT2D eigenvalue weighted by atomic mass is 16.6. The van der Waals surface area contributed by atoms with Gasteiger partial charge in [0.05, 0.1) is 0 Å². The minimum Gasteiger partial charge on any atom is -0.458 e. The fraction of sp³-hybridized carbons (Fsp3) is 0.206. The maximum atomic E-state index is 12.9. The molecule has 0 bridgehead atoms. The molecular formula is C34H31NO6. The fourth-order valence-electron chi connectivity index (χ4n) is 4.94. The van der Waals surface area contributed by atoms with Crippen molar-refractivity contribution in [2.24, 2.45) is 0 Å². The maximum absolute atomic E-state index is 12.9. The van der Waals surface area contributed by atoms with Crippen LogP contribution in [0.1, 0.15) is 35.1 Å². The minimum absolute atomic E-state index is 0.0517. The third-order valence-corrected chi connectivity index (χ3v) is 7.04. The molecule has 0 radical (unpaired) electrons. The van der Waals surface area contributed by atoms with Gasteiger partial charge < -0.3 is 19.5 Å². The lowest BCUT2D eigenvalue weighted by Gasteiger charge is -2.20. The predicted molar refractivity (Wildman–Crippen MR) is 154 cm³/mol. The number of fused-ring (bicyclic) bond motifs is 3. The number of esters is 2. The van der Waals surface area contributed by atoms with Crippen LogP contribution in [0.2, 0.25) is 0 Å². The van der Waals surface area contributed by atoms with E-state index in [2.05, 4.69) is 17.4 Å². The second-order valence-electron chi connectivity index (χ2n) is 9.90. The van der Waals surface area contributed by atoms with E-state index >= 15 is 0 Å². The normalized spacial score (nSPS) is 13.3. The molecule has 0 unspecified atom stereocenters. The molecule has 0 aliphatic heterocycles. The van der Waals surface area contributed by atoms with Crippen molar-refractivity contribution < 1.29 is 28.6 Å². The number of hydrogen-bond donors (Lipinski definition) is 1. The van der Waals surface area contributed by atoms with Crippen LogP contribution < -0.4 is 5.32 Å². The van der Waals surface area contributed by atoms with Crippen LogP contribution in [0.3, 0.4) is 0 Å². The van der Waals surface area contributed by atoms with Gasteiger partial charge in [0, 0.05) is 12.3 Å². The zero-order chi connectivity index (χ0) is 28.6. The molecule has 1 aliphatic carbocycles. The van der Waals surface area contributed by atoms with Crippen LogP contribution in [-0.2, 0) is 36.8 Å². The van der Waals surface area contributed by atoms with Gasteiger partial charge in [0.2, 0.25) is 6.10 Å². The molecule has 0 spiro atoms. The van der Waals surface area contributed by atoms with Crippen LogP contribution in [0.15, 0.2) is 109 Å². The standard InChI is InChI=1S/C34H31NO6/c1-23(35-34(38)40-22-30-28-18-10-8-16-26(28)27-17-9-11-19-29(27)30)32(36)41-31(20-24-12-4-2-5-13-24)33(37)39-21-25-14-6-3-7-15-25/h2-19,23,30-31H,20-22H2,1H3,(H,35,38)/t23-,31+/m1/s1. The maximum Gasteiger partial charge on any atom is 0.407 e. The van der Waals surface area contributed by atoms with E-state index in [9.17, 15) is 14.4 Å². The molecule has 7 heteroatoms. The molecule has 1 aliphatic rings. The highest BCUT2D eigenvalue weighted by Crippen LogP contribution is 2.44. The summed E-state index contributed by atoms with van der Waals surface area (Å²) in [6, 6.07) is 33.5. The van der Waals surface area contributed by atoms with Crippen LogP contribution >= 0.6 is 0 Å². The fourth-order valence-corrected chi connectivity index (χ4v) is 4.94. The SMILES string of the molecule is C[C@@H](NC(=O)OCC1c2ccccc2-c2ccccc21)C(=O)O[C@@H](Cc1ccccc1)C(=O)OCc1ccccc1. The number of carbonyl (C=O) groups excluding carboxylic acids is 3. The zero-order valence-corrected chi connectivity index (χ0v) is 22.7. The molecule has 4 aromatic rings. The monoisotopic (exact) mass is 549 g/mol. The summed E-state index contributed by atoms with van der Waals surface area (Å²) in [6.45, 7) is 1.65. The highest BCUT2D eigenvalue weighted by molar-refractivity contribution is 5.84. The molecule has 41 heavy (non-hydrogen) atoms. The molecule has 2 atom stereocenters. The molecule has 0 fully saturated rings. The van der Waals surface area contributed by atoms with Crippen molar-refractivity contribution in [1.29, 1.82) is 0 Å². The Bertz CT molecular complexity index is 1460. The van der Waals surface area contributed by atoms with E-state index in [0.717, 1.165) is 33.4 Å². The lowest BCUT2D eigenvalue weighted by atomic mass is 9.98. The van der Waals surface area contributed by atoms with Gasteiger partial charge in [-0.3, -0.25) is 0 Å². The number of rotatable bonds is 10. The van der Waals surface area contributed by atoms with Crippen LogP contribution in [0.5, 0.6) is 0 Å². The summed E-state index contributed by atoms with van der Waals surface area (Å²) in [4.78, 5) is 38.6. The molecule has 0 aromatic heterocycles. The summed E-state index contributed by atoms with van der Waals surface area (Å²) in [5.41, 5.74) is 6.05. The van der Waals surface area contributed by atoms with E-state index in [1.165, 1.54) is 6.92 Å². The number of alkyl carbamates (subject to hydrolysis) is 1. The summed E-state index contributed by atoms with van der Waals surface area (Å²) in [6.07, 6.45) is -1.79. The summed E-state index contributed by atoms with van der Waals surface area (Å²) in [7, 11) is 0. The highest BCUT2D eigenvalue weighted by Gasteiger charge is 2.31. The van der Waals surface area contributed by atoms with Crippen molar-refractivity contribution in [3.8, 4) is 11.1 Å². The van der Waals surface area contributed by atoms with Crippen molar-refractivity contribution >= 4 is 18.0 Å². The Morgan fingerprint density at radius 3 is 1.83 bits per heavy atom. The molecule has 5 rings (SSSR count). The van der Waals surface area contributed by atoms with Crippen LogP contribution in [0, 0.1) is 0 Å². The van der Waals surface area contributed by atoms with E-state index in [-0.39, 0.29) is 25.6 Å². The average molecular weight is 550 g/mol. The first kappa shape index (κ1) is 27.6. The van der Waals surface area contributed by atoms with Crippen molar-refractivity contribution in [2.75, 3.05) is 6.61 Å². The van der Waals surface area contributed by atoms with Gasteiger partial charge >= 0.3 is 18.0 Å². The number of carbonyl (C=O) groups is 3. The van der Waals surface area contributed by atoms with E-state index in [4.69, 9.17) is 14.2 Å². The first-order chi connectivity index (χ1) is 20.0.